The highest BCUT2D eigenvalue weighted by Gasteiger charge is 2.60. The zero-order chi connectivity index (χ0) is 16.2. The maximum Gasteiger partial charge on any atom is 0.325 e. The minimum absolute atomic E-state index is 0.0587. The molecule has 0 radical (unpaired) electrons. The number of carbonyl (C=O) groups is 2. The quantitative estimate of drug-likeness (QED) is 0.831. The molecule has 7 heteroatoms. The minimum Gasteiger partial charge on any atom is -0.368 e. The van der Waals surface area contributed by atoms with Crippen LogP contribution in [0.1, 0.15) is 25.7 Å². The van der Waals surface area contributed by atoms with Crippen LogP contribution in [0, 0.1) is 0 Å². The van der Waals surface area contributed by atoms with E-state index in [9.17, 15) is 9.59 Å². The number of halogens is 2. The van der Waals surface area contributed by atoms with E-state index < -0.39 is 5.54 Å². The predicted molar refractivity (Wildman–Crippen MR) is 89.0 cm³/mol. The zero-order valence-corrected chi connectivity index (χ0v) is 14.0. The van der Waals surface area contributed by atoms with Gasteiger partial charge in [-0.1, -0.05) is 23.2 Å². The summed E-state index contributed by atoms with van der Waals surface area (Å²) in [5.41, 5.74) is 0.311. The van der Waals surface area contributed by atoms with Crippen molar-refractivity contribution >= 4 is 40.8 Å². The Labute approximate surface area is 144 Å². The molecule has 1 aromatic rings. The van der Waals surface area contributed by atoms with Gasteiger partial charge in [0.1, 0.15) is 5.54 Å². The van der Waals surface area contributed by atoms with E-state index in [0.29, 0.717) is 16.6 Å². The lowest BCUT2D eigenvalue weighted by atomic mass is 10.0. The number of hydrogen-bond donors (Lipinski definition) is 1. The molecule has 23 heavy (non-hydrogen) atoms. The maximum absolute atomic E-state index is 12.5. The zero-order valence-electron chi connectivity index (χ0n) is 12.5. The van der Waals surface area contributed by atoms with Crippen LogP contribution in [0.15, 0.2) is 18.2 Å². The maximum atomic E-state index is 12.5. The molecule has 0 aromatic heterocycles. The van der Waals surface area contributed by atoms with Gasteiger partial charge in [-0.15, -0.1) is 0 Å². The van der Waals surface area contributed by atoms with Crippen molar-refractivity contribution in [2.24, 2.45) is 0 Å². The van der Waals surface area contributed by atoms with Gasteiger partial charge in [0, 0.05) is 18.1 Å². The van der Waals surface area contributed by atoms with Gasteiger partial charge in [-0.05, 0) is 43.9 Å². The molecule has 1 N–H and O–H groups in total. The Morgan fingerprint density at radius 2 is 2.00 bits per heavy atom. The van der Waals surface area contributed by atoms with E-state index in [2.05, 4.69) is 10.2 Å². The number of hydrogen-bond acceptors (Lipinski definition) is 3. The van der Waals surface area contributed by atoms with Crippen molar-refractivity contribution < 1.29 is 9.59 Å². The Balaban J connectivity index is 1.55. The fourth-order valence-corrected chi connectivity index (χ4v) is 4.09. The third-order valence-electron chi connectivity index (χ3n) is 4.96. The number of urea groups is 1. The van der Waals surface area contributed by atoms with Crippen molar-refractivity contribution in [3.8, 4) is 0 Å². The summed E-state index contributed by atoms with van der Waals surface area (Å²) < 4.78 is 0. The molecule has 0 bridgehead atoms. The van der Waals surface area contributed by atoms with Gasteiger partial charge < -0.3 is 10.2 Å². The first-order chi connectivity index (χ1) is 11.0. The summed E-state index contributed by atoms with van der Waals surface area (Å²) in [7, 11) is 0. The number of piperidine rings is 1. The molecule has 5 nitrogen and oxygen atoms in total. The number of benzene rings is 1. The van der Waals surface area contributed by atoms with Crippen molar-refractivity contribution in [2.45, 2.75) is 37.3 Å². The Morgan fingerprint density at radius 3 is 2.65 bits per heavy atom. The molecule has 3 fully saturated rings. The van der Waals surface area contributed by atoms with Crippen LogP contribution < -0.4 is 10.2 Å². The Morgan fingerprint density at radius 1 is 1.22 bits per heavy atom. The molecule has 4 rings (SSSR count). The average Bonchev–Trinajstić information content (AvgIpc) is 3.23. The highest BCUT2D eigenvalue weighted by atomic mass is 35.5. The standard InChI is InChI=1S/C16H17Cl2N3O2/c17-10-3-4-13(12(18)8-10)20-7-1-2-11(9-20)21-14(22)16(5-6-16)19-15(21)23/h3-4,8,11H,1-2,5-7,9H2,(H,19,23). The van der Waals surface area contributed by atoms with Crippen LogP contribution in [-0.2, 0) is 4.79 Å². The fourth-order valence-electron chi connectivity index (χ4n) is 3.56. The normalized spacial score (nSPS) is 25.9. The highest BCUT2D eigenvalue weighted by molar-refractivity contribution is 6.36. The van der Waals surface area contributed by atoms with Crippen LogP contribution in [0.2, 0.25) is 10.0 Å². The molecule has 3 amide bonds. The van der Waals surface area contributed by atoms with Crippen molar-refractivity contribution in [1.29, 1.82) is 0 Å². The van der Waals surface area contributed by atoms with Gasteiger partial charge in [-0.3, -0.25) is 9.69 Å². The van der Waals surface area contributed by atoms with Gasteiger partial charge in [0.05, 0.1) is 16.8 Å². The topological polar surface area (TPSA) is 52.7 Å². The van der Waals surface area contributed by atoms with Gasteiger partial charge in [0.15, 0.2) is 0 Å². The lowest BCUT2D eigenvalue weighted by molar-refractivity contribution is -0.130. The van der Waals surface area contributed by atoms with Gasteiger partial charge in [0.25, 0.3) is 5.91 Å². The molecule has 2 saturated heterocycles. The lowest BCUT2D eigenvalue weighted by Gasteiger charge is -2.37. The molecule has 1 unspecified atom stereocenters. The van der Waals surface area contributed by atoms with E-state index in [1.807, 2.05) is 6.07 Å². The van der Waals surface area contributed by atoms with Crippen molar-refractivity contribution in [3.63, 3.8) is 0 Å². The molecule has 1 atom stereocenters. The van der Waals surface area contributed by atoms with Crippen molar-refractivity contribution in [2.75, 3.05) is 18.0 Å². The summed E-state index contributed by atoms with van der Waals surface area (Å²) in [4.78, 5) is 28.3. The molecular formula is C16H17Cl2N3O2. The Kier molecular flexibility index (Phi) is 3.46. The molecule has 1 saturated carbocycles. The van der Waals surface area contributed by atoms with Gasteiger partial charge in [-0.2, -0.15) is 0 Å². The molecule has 1 aromatic carbocycles. The van der Waals surface area contributed by atoms with Crippen LogP contribution in [0.5, 0.6) is 0 Å². The van der Waals surface area contributed by atoms with E-state index in [0.717, 1.165) is 37.9 Å². The van der Waals surface area contributed by atoms with E-state index in [1.54, 1.807) is 12.1 Å². The first-order valence-corrected chi connectivity index (χ1v) is 8.62. The van der Waals surface area contributed by atoms with E-state index in [-0.39, 0.29) is 18.0 Å². The van der Waals surface area contributed by atoms with Crippen molar-refractivity contribution in [1.82, 2.24) is 10.2 Å². The minimum atomic E-state index is -0.586. The number of rotatable bonds is 2. The SMILES string of the molecule is O=C1NC2(CC2)C(=O)N1C1CCCN(c2ccc(Cl)cc2Cl)C1. The third kappa shape index (κ3) is 2.46. The van der Waals surface area contributed by atoms with Gasteiger partial charge in [0.2, 0.25) is 0 Å². The number of nitrogens with one attached hydrogen (secondary N) is 1. The van der Waals surface area contributed by atoms with Crippen LogP contribution in [0.25, 0.3) is 0 Å². The number of anilines is 1. The smallest absolute Gasteiger partial charge is 0.325 e. The molecular weight excluding hydrogens is 337 g/mol. The van der Waals surface area contributed by atoms with Crippen LogP contribution in [0.4, 0.5) is 10.5 Å². The average molecular weight is 354 g/mol. The number of carbonyl (C=O) groups excluding carboxylic acids is 2. The summed E-state index contributed by atoms with van der Waals surface area (Å²) >= 11 is 12.3. The second kappa shape index (κ2) is 5.28. The molecule has 1 spiro atoms. The van der Waals surface area contributed by atoms with Gasteiger partial charge >= 0.3 is 6.03 Å². The first kappa shape index (κ1) is 15.1. The largest absolute Gasteiger partial charge is 0.368 e. The molecule has 3 aliphatic rings. The van der Waals surface area contributed by atoms with E-state index in [1.165, 1.54) is 4.90 Å². The summed E-state index contributed by atoms with van der Waals surface area (Å²) in [6.45, 7) is 1.46. The monoisotopic (exact) mass is 353 g/mol. The van der Waals surface area contributed by atoms with Crippen molar-refractivity contribution in [3.05, 3.63) is 28.2 Å². The number of amides is 3. The molecule has 1 aliphatic carbocycles. The Bertz CT molecular complexity index is 690. The first-order valence-electron chi connectivity index (χ1n) is 7.86. The van der Waals surface area contributed by atoms with Gasteiger partial charge in [-0.25, -0.2) is 4.79 Å². The second-order valence-corrected chi connectivity index (χ2v) is 7.37. The summed E-state index contributed by atoms with van der Waals surface area (Å²) in [6, 6.07) is 5.06. The Hall–Kier alpha value is -1.46. The molecule has 2 aliphatic heterocycles. The second-order valence-electron chi connectivity index (χ2n) is 6.53. The molecule has 122 valence electrons. The molecule has 2 heterocycles. The van der Waals surface area contributed by atoms with Crippen LogP contribution in [0.3, 0.4) is 0 Å². The summed E-state index contributed by atoms with van der Waals surface area (Å²) in [5, 5.41) is 4.04. The summed E-state index contributed by atoms with van der Waals surface area (Å²) in [5.74, 6) is -0.0587. The fraction of sp³-hybridized carbons (Fsp3) is 0.500. The lowest BCUT2D eigenvalue weighted by Crippen LogP contribution is -2.51. The number of nitrogens with zero attached hydrogens (tertiary/aromatic N) is 2. The summed E-state index contributed by atoms with van der Waals surface area (Å²) in [6.07, 6.45) is 3.26. The van der Waals surface area contributed by atoms with E-state index >= 15 is 0 Å². The van der Waals surface area contributed by atoms with Crippen LogP contribution >= 0.6 is 23.2 Å². The third-order valence-corrected chi connectivity index (χ3v) is 5.49. The number of imide groups is 1. The highest BCUT2D eigenvalue weighted by Crippen LogP contribution is 2.42. The predicted octanol–water partition coefficient (Wildman–Crippen LogP) is 3.05. The van der Waals surface area contributed by atoms with Crippen LogP contribution in [-0.4, -0.2) is 41.5 Å². The van der Waals surface area contributed by atoms with E-state index in [4.69, 9.17) is 23.2 Å².